The Balaban J connectivity index is 1.86. The first-order valence-corrected chi connectivity index (χ1v) is 12.7. The number of Topliss-reactive ketones (excluding diaryl/α,β-unsaturated/α-hetero) is 1. The quantitative estimate of drug-likeness (QED) is 0.208. The van der Waals surface area contributed by atoms with Gasteiger partial charge in [-0.1, -0.05) is 36.1 Å². The fourth-order valence-electron chi connectivity index (χ4n) is 3.74. The molecule has 2 heterocycles. The van der Waals surface area contributed by atoms with Gasteiger partial charge in [0.05, 0.1) is 30.2 Å². The molecular weight excluding hydrogens is 514 g/mol. The standard InChI is InChI=1S/C26H27N3O6S2/c1-15(2)35-11-5-10-28-23(31)19(13-27)16(3)22(25(28)33)20(30)14-29-24(32)21(37-26(29)36)12-17-6-8-18(34-4)9-7-17/h6-9,12,15,33H,5,10-11,14H2,1-4H3/b21-12-. The molecule has 37 heavy (non-hydrogen) atoms. The summed E-state index contributed by atoms with van der Waals surface area (Å²) < 4.78 is 11.8. The molecule has 1 amide bonds. The highest BCUT2D eigenvalue weighted by molar-refractivity contribution is 8.26. The summed E-state index contributed by atoms with van der Waals surface area (Å²) in [6.45, 7) is 5.11. The summed E-state index contributed by atoms with van der Waals surface area (Å²) in [5.74, 6) is -0.956. The molecule has 0 saturated carbocycles. The van der Waals surface area contributed by atoms with Crippen molar-refractivity contribution < 1.29 is 24.2 Å². The predicted molar refractivity (Wildman–Crippen MR) is 145 cm³/mol. The topological polar surface area (TPSA) is 122 Å². The number of aromatic hydroxyl groups is 1. The lowest BCUT2D eigenvalue weighted by Gasteiger charge is -2.18. The van der Waals surface area contributed by atoms with Crippen LogP contribution in [0.2, 0.25) is 0 Å². The van der Waals surface area contributed by atoms with Gasteiger partial charge in [-0.2, -0.15) is 5.26 Å². The van der Waals surface area contributed by atoms with Crippen molar-refractivity contribution in [1.29, 1.82) is 5.26 Å². The molecule has 11 heteroatoms. The lowest BCUT2D eigenvalue weighted by Crippen LogP contribution is -2.35. The Labute approximate surface area is 224 Å². The number of amides is 1. The molecule has 3 rings (SSSR count). The van der Waals surface area contributed by atoms with Crippen molar-refractivity contribution in [2.45, 2.75) is 39.8 Å². The summed E-state index contributed by atoms with van der Waals surface area (Å²) in [6, 6.07) is 8.93. The first kappa shape index (κ1) is 28.1. The number of rotatable bonds is 10. The van der Waals surface area contributed by atoms with Crippen molar-refractivity contribution in [3.63, 3.8) is 0 Å². The van der Waals surface area contributed by atoms with Gasteiger partial charge in [0.1, 0.15) is 21.7 Å². The number of ether oxygens (including phenoxy) is 2. The van der Waals surface area contributed by atoms with Crippen LogP contribution in [0.1, 0.15) is 47.3 Å². The van der Waals surface area contributed by atoms with E-state index in [9.17, 15) is 24.8 Å². The molecule has 2 aromatic rings. The van der Waals surface area contributed by atoms with Crippen LogP contribution in [0.25, 0.3) is 6.08 Å². The highest BCUT2D eigenvalue weighted by Gasteiger charge is 2.35. The molecule has 0 atom stereocenters. The van der Waals surface area contributed by atoms with E-state index in [1.807, 2.05) is 19.9 Å². The number of thioether (sulfide) groups is 1. The van der Waals surface area contributed by atoms with Crippen LogP contribution in [0, 0.1) is 18.3 Å². The Morgan fingerprint density at radius 2 is 1.95 bits per heavy atom. The van der Waals surface area contributed by atoms with Gasteiger partial charge in [0.25, 0.3) is 11.5 Å². The Morgan fingerprint density at radius 1 is 1.27 bits per heavy atom. The molecule has 0 spiro atoms. The molecule has 1 N–H and O–H groups in total. The minimum atomic E-state index is -0.688. The largest absolute Gasteiger partial charge is 0.497 e. The van der Waals surface area contributed by atoms with Crippen LogP contribution in [0.4, 0.5) is 0 Å². The number of methoxy groups -OCH3 is 1. The van der Waals surface area contributed by atoms with Crippen molar-refractivity contribution in [3.05, 3.63) is 61.8 Å². The van der Waals surface area contributed by atoms with Crippen LogP contribution < -0.4 is 10.3 Å². The molecule has 0 unspecified atom stereocenters. The third-order valence-corrected chi connectivity index (χ3v) is 7.02. The number of carbonyl (C=O) groups is 2. The summed E-state index contributed by atoms with van der Waals surface area (Å²) in [7, 11) is 1.56. The zero-order chi connectivity index (χ0) is 27.3. The first-order valence-electron chi connectivity index (χ1n) is 11.5. The Bertz CT molecular complexity index is 1360. The summed E-state index contributed by atoms with van der Waals surface area (Å²) in [5.41, 5.74) is -0.298. The van der Waals surface area contributed by atoms with Crippen LogP contribution >= 0.6 is 24.0 Å². The molecule has 194 valence electrons. The van der Waals surface area contributed by atoms with Crippen LogP contribution in [-0.2, 0) is 16.1 Å². The summed E-state index contributed by atoms with van der Waals surface area (Å²) in [4.78, 5) is 40.6. The van der Waals surface area contributed by atoms with Gasteiger partial charge in [-0.05, 0) is 56.5 Å². The van der Waals surface area contributed by atoms with Crippen molar-refractivity contribution in [2.75, 3.05) is 20.3 Å². The molecule has 1 aliphatic rings. The molecule has 0 radical (unpaired) electrons. The molecule has 0 bridgehead atoms. The lowest BCUT2D eigenvalue weighted by molar-refractivity contribution is -0.121. The second kappa shape index (κ2) is 12.2. The van der Waals surface area contributed by atoms with Gasteiger partial charge >= 0.3 is 0 Å². The number of hydrogen-bond acceptors (Lipinski definition) is 9. The predicted octanol–water partition coefficient (Wildman–Crippen LogP) is 3.64. The number of thiocarbonyl (C=S) groups is 1. The van der Waals surface area contributed by atoms with E-state index in [-0.39, 0.29) is 33.7 Å². The fraction of sp³-hybridized carbons (Fsp3) is 0.346. The summed E-state index contributed by atoms with van der Waals surface area (Å²) >= 11 is 6.41. The van der Waals surface area contributed by atoms with Gasteiger partial charge in [0, 0.05) is 13.2 Å². The SMILES string of the molecule is COc1ccc(/C=C2\SC(=S)N(CC(=O)c3c(C)c(C#N)c(=O)n(CCCOC(C)C)c3O)C2=O)cc1. The average Bonchev–Trinajstić information content (AvgIpc) is 3.11. The van der Waals surface area contributed by atoms with E-state index in [0.29, 0.717) is 23.7 Å². The minimum Gasteiger partial charge on any atom is -0.497 e. The van der Waals surface area contributed by atoms with E-state index in [1.54, 1.807) is 37.5 Å². The smallest absolute Gasteiger partial charge is 0.271 e. The van der Waals surface area contributed by atoms with Crippen molar-refractivity contribution in [1.82, 2.24) is 9.47 Å². The first-order chi connectivity index (χ1) is 17.6. The highest BCUT2D eigenvalue weighted by atomic mass is 32.2. The maximum Gasteiger partial charge on any atom is 0.271 e. The zero-order valence-corrected chi connectivity index (χ0v) is 22.6. The number of carbonyl (C=O) groups excluding carboxylic acids is 2. The molecule has 1 aromatic carbocycles. The van der Waals surface area contributed by atoms with E-state index in [0.717, 1.165) is 26.8 Å². The van der Waals surface area contributed by atoms with Crippen LogP contribution in [0.15, 0.2) is 34.0 Å². The Morgan fingerprint density at radius 3 is 2.54 bits per heavy atom. The normalized spacial score (nSPS) is 14.5. The lowest BCUT2D eigenvalue weighted by atomic mass is 10.0. The van der Waals surface area contributed by atoms with E-state index < -0.39 is 29.7 Å². The van der Waals surface area contributed by atoms with Gasteiger partial charge in [0.15, 0.2) is 5.78 Å². The van der Waals surface area contributed by atoms with Crippen molar-refractivity contribution in [2.24, 2.45) is 0 Å². The zero-order valence-electron chi connectivity index (χ0n) is 20.9. The second-order valence-corrected chi connectivity index (χ2v) is 10.2. The summed E-state index contributed by atoms with van der Waals surface area (Å²) in [5, 5.41) is 20.4. The van der Waals surface area contributed by atoms with Gasteiger partial charge in [-0.15, -0.1) is 0 Å². The number of benzene rings is 1. The van der Waals surface area contributed by atoms with E-state index in [1.165, 1.54) is 6.92 Å². The van der Waals surface area contributed by atoms with Gasteiger partial charge < -0.3 is 14.6 Å². The average molecular weight is 542 g/mol. The number of nitrogens with zero attached hydrogens (tertiary/aromatic N) is 3. The highest BCUT2D eigenvalue weighted by Crippen LogP contribution is 2.33. The number of pyridine rings is 1. The molecular formula is C26H27N3O6S2. The fourth-order valence-corrected chi connectivity index (χ4v) is 5.00. The minimum absolute atomic E-state index is 0.00138. The van der Waals surface area contributed by atoms with Crippen molar-refractivity contribution >= 4 is 46.1 Å². The molecule has 1 saturated heterocycles. The summed E-state index contributed by atoms with van der Waals surface area (Å²) in [6.07, 6.45) is 2.05. The Kier molecular flexibility index (Phi) is 9.26. The molecule has 9 nitrogen and oxygen atoms in total. The molecule has 1 fully saturated rings. The maximum atomic E-state index is 13.3. The molecule has 1 aliphatic heterocycles. The number of hydrogen-bond donors (Lipinski definition) is 1. The number of aromatic nitrogens is 1. The molecule has 0 aliphatic carbocycles. The van der Waals surface area contributed by atoms with Crippen LogP contribution in [0.3, 0.4) is 0 Å². The van der Waals surface area contributed by atoms with Crippen LogP contribution in [-0.4, -0.2) is 56.9 Å². The van der Waals surface area contributed by atoms with Gasteiger partial charge in [-0.25, -0.2) is 0 Å². The third kappa shape index (κ3) is 6.28. The monoisotopic (exact) mass is 541 g/mol. The Hall–Kier alpha value is -3.46. The maximum absolute atomic E-state index is 13.3. The van der Waals surface area contributed by atoms with E-state index >= 15 is 0 Å². The van der Waals surface area contributed by atoms with Gasteiger partial charge in [-0.3, -0.25) is 23.9 Å². The van der Waals surface area contributed by atoms with E-state index in [2.05, 4.69) is 0 Å². The van der Waals surface area contributed by atoms with E-state index in [4.69, 9.17) is 21.7 Å². The second-order valence-electron chi connectivity index (χ2n) is 8.50. The van der Waals surface area contributed by atoms with Crippen molar-refractivity contribution in [3.8, 4) is 17.7 Å². The van der Waals surface area contributed by atoms with Crippen LogP contribution in [0.5, 0.6) is 11.6 Å². The number of ketones is 1. The third-order valence-electron chi connectivity index (χ3n) is 5.65. The molecule has 1 aromatic heterocycles. The number of nitriles is 1. The van der Waals surface area contributed by atoms with Gasteiger partial charge in [0.2, 0.25) is 5.88 Å².